The number of thiophene rings is 1. The van der Waals surface area contributed by atoms with Gasteiger partial charge in [-0.15, -0.1) is 11.3 Å². The number of nitrogens with one attached hydrogen (secondary N) is 1. The molecule has 0 bridgehead atoms. The Bertz CT molecular complexity index is 307. The molecule has 16 heavy (non-hydrogen) atoms. The van der Waals surface area contributed by atoms with Gasteiger partial charge in [-0.3, -0.25) is 0 Å². The second-order valence-corrected chi connectivity index (χ2v) is 5.44. The second kappa shape index (κ2) is 5.27. The van der Waals surface area contributed by atoms with Gasteiger partial charge in [-0.25, -0.2) is 0 Å². The zero-order valence-corrected chi connectivity index (χ0v) is 10.6. The third-order valence-electron chi connectivity index (χ3n) is 3.25. The summed E-state index contributed by atoms with van der Waals surface area (Å²) in [6, 6.07) is 4.24. The third-order valence-corrected chi connectivity index (χ3v) is 4.12. The van der Waals surface area contributed by atoms with Gasteiger partial charge >= 0.3 is 0 Å². The maximum Gasteiger partial charge on any atom is 0.0611 e. The summed E-state index contributed by atoms with van der Waals surface area (Å²) in [5.74, 6) is 0. The van der Waals surface area contributed by atoms with Crippen LogP contribution in [0.1, 0.15) is 24.6 Å². The quantitative estimate of drug-likeness (QED) is 0.796. The molecule has 0 unspecified atom stereocenters. The van der Waals surface area contributed by atoms with E-state index >= 15 is 0 Å². The largest absolute Gasteiger partial charge is 0.378 e. The lowest BCUT2D eigenvalue weighted by Crippen LogP contribution is -2.62. The van der Waals surface area contributed by atoms with Crippen molar-refractivity contribution in [1.29, 1.82) is 0 Å². The predicted molar refractivity (Wildman–Crippen MR) is 67.6 cm³/mol. The summed E-state index contributed by atoms with van der Waals surface area (Å²) in [7, 11) is 0. The first-order chi connectivity index (χ1) is 7.78. The summed E-state index contributed by atoms with van der Waals surface area (Å²) < 4.78 is 5.58. The maximum absolute atomic E-state index is 5.85. The molecule has 0 aliphatic heterocycles. The fraction of sp³-hybridized carbons (Fsp3) is 0.667. The number of rotatable bonds is 6. The molecule has 0 amide bonds. The fourth-order valence-electron chi connectivity index (χ4n) is 2.24. The van der Waals surface area contributed by atoms with E-state index in [2.05, 4.69) is 22.8 Å². The van der Waals surface area contributed by atoms with Crippen molar-refractivity contribution in [3.63, 3.8) is 0 Å². The average Bonchev–Trinajstić information content (AvgIpc) is 2.74. The standard InChI is InChI=1S/C12H20N2OS/c1-2-15-10-6-12(7-10,9-13)14-8-11-4-3-5-16-11/h3-5,10,14H,2,6-9,13H2,1H3. The van der Waals surface area contributed by atoms with Crippen LogP contribution in [0, 0.1) is 0 Å². The van der Waals surface area contributed by atoms with Gasteiger partial charge in [-0.05, 0) is 31.2 Å². The minimum atomic E-state index is 0.115. The Balaban J connectivity index is 1.79. The summed E-state index contributed by atoms with van der Waals surface area (Å²) in [6.45, 7) is 4.47. The van der Waals surface area contributed by atoms with Crippen LogP contribution >= 0.6 is 11.3 Å². The normalized spacial score (nSPS) is 29.0. The number of ether oxygens (including phenoxy) is 1. The van der Waals surface area contributed by atoms with Crippen LogP contribution in [0.5, 0.6) is 0 Å². The molecule has 0 atom stereocenters. The topological polar surface area (TPSA) is 47.3 Å². The van der Waals surface area contributed by atoms with Gasteiger partial charge < -0.3 is 15.8 Å². The number of hydrogen-bond acceptors (Lipinski definition) is 4. The lowest BCUT2D eigenvalue weighted by atomic mass is 9.74. The Morgan fingerprint density at radius 2 is 2.44 bits per heavy atom. The molecule has 0 aromatic carbocycles. The molecule has 1 saturated carbocycles. The lowest BCUT2D eigenvalue weighted by Gasteiger charge is -2.47. The molecule has 0 spiro atoms. The summed E-state index contributed by atoms with van der Waals surface area (Å²) >= 11 is 1.79. The van der Waals surface area contributed by atoms with Gasteiger partial charge in [0, 0.05) is 30.1 Å². The van der Waals surface area contributed by atoms with E-state index in [1.807, 2.05) is 6.92 Å². The summed E-state index contributed by atoms with van der Waals surface area (Å²) in [6.07, 6.45) is 2.50. The van der Waals surface area contributed by atoms with Gasteiger partial charge in [0.2, 0.25) is 0 Å². The van der Waals surface area contributed by atoms with Gasteiger partial charge in [0.15, 0.2) is 0 Å². The lowest BCUT2D eigenvalue weighted by molar-refractivity contribution is -0.0481. The molecular formula is C12H20N2OS. The van der Waals surface area contributed by atoms with Crippen molar-refractivity contribution in [3.8, 4) is 0 Å². The molecule has 4 heteroatoms. The van der Waals surface area contributed by atoms with Crippen LogP contribution in [-0.4, -0.2) is 24.8 Å². The van der Waals surface area contributed by atoms with Crippen LogP contribution in [0.4, 0.5) is 0 Å². The van der Waals surface area contributed by atoms with Crippen molar-refractivity contribution in [2.75, 3.05) is 13.2 Å². The highest BCUT2D eigenvalue weighted by Gasteiger charge is 2.43. The fourth-order valence-corrected chi connectivity index (χ4v) is 2.88. The molecule has 1 fully saturated rings. The van der Waals surface area contributed by atoms with Gasteiger partial charge in [0.25, 0.3) is 0 Å². The molecule has 1 aliphatic carbocycles. The van der Waals surface area contributed by atoms with E-state index in [1.165, 1.54) is 4.88 Å². The van der Waals surface area contributed by atoms with Crippen LogP contribution in [-0.2, 0) is 11.3 Å². The van der Waals surface area contributed by atoms with Crippen molar-refractivity contribution in [3.05, 3.63) is 22.4 Å². The molecular weight excluding hydrogens is 220 g/mol. The minimum absolute atomic E-state index is 0.115. The van der Waals surface area contributed by atoms with E-state index in [0.717, 1.165) is 26.0 Å². The Morgan fingerprint density at radius 1 is 1.62 bits per heavy atom. The second-order valence-electron chi connectivity index (χ2n) is 4.40. The molecule has 2 rings (SSSR count). The minimum Gasteiger partial charge on any atom is -0.378 e. The van der Waals surface area contributed by atoms with Crippen molar-refractivity contribution < 1.29 is 4.74 Å². The zero-order valence-electron chi connectivity index (χ0n) is 9.74. The van der Waals surface area contributed by atoms with Gasteiger partial charge in [0.1, 0.15) is 0 Å². The van der Waals surface area contributed by atoms with E-state index in [-0.39, 0.29) is 5.54 Å². The van der Waals surface area contributed by atoms with Crippen molar-refractivity contribution >= 4 is 11.3 Å². The highest BCUT2D eigenvalue weighted by molar-refractivity contribution is 7.09. The van der Waals surface area contributed by atoms with Crippen LogP contribution < -0.4 is 11.1 Å². The zero-order chi connectivity index (χ0) is 11.4. The van der Waals surface area contributed by atoms with E-state index in [9.17, 15) is 0 Å². The molecule has 90 valence electrons. The molecule has 3 N–H and O–H groups in total. The molecule has 3 nitrogen and oxygen atoms in total. The first-order valence-corrected chi connectivity index (χ1v) is 6.75. The number of hydrogen-bond donors (Lipinski definition) is 2. The molecule has 1 aromatic rings. The van der Waals surface area contributed by atoms with Crippen LogP contribution in [0.25, 0.3) is 0 Å². The van der Waals surface area contributed by atoms with Crippen molar-refractivity contribution in [1.82, 2.24) is 5.32 Å². The molecule has 0 saturated heterocycles. The highest BCUT2D eigenvalue weighted by Crippen LogP contribution is 2.34. The highest BCUT2D eigenvalue weighted by atomic mass is 32.1. The van der Waals surface area contributed by atoms with Crippen molar-refractivity contribution in [2.24, 2.45) is 5.73 Å². The summed E-state index contributed by atoms with van der Waals surface area (Å²) in [5.41, 5.74) is 5.97. The van der Waals surface area contributed by atoms with Gasteiger partial charge in [-0.2, -0.15) is 0 Å². The van der Waals surface area contributed by atoms with E-state index in [4.69, 9.17) is 10.5 Å². The van der Waals surface area contributed by atoms with Crippen LogP contribution in [0.3, 0.4) is 0 Å². The maximum atomic E-state index is 5.85. The Morgan fingerprint density at radius 3 is 3.00 bits per heavy atom. The van der Waals surface area contributed by atoms with Gasteiger partial charge in [0.05, 0.1) is 6.10 Å². The molecule has 0 radical (unpaired) electrons. The average molecular weight is 240 g/mol. The summed E-state index contributed by atoms with van der Waals surface area (Å²) in [5, 5.41) is 5.69. The third kappa shape index (κ3) is 2.63. The predicted octanol–water partition coefficient (Wildman–Crippen LogP) is 1.73. The Kier molecular flexibility index (Phi) is 3.97. The SMILES string of the molecule is CCOC1CC(CN)(NCc2cccs2)C1. The van der Waals surface area contributed by atoms with Crippen LogP contribution in [0.2, 0.25) is 0 Å². The van der Waals surface area contributed by atoms with E-state index in [1.54, 1.807) is 11.3 Å². The molecule has 1 aliphatic rings. The molecule has 1 aromatic heterocycles. The summed E-state index contributed by atoms with van der Waals surface area (Å²) in [4.78, 5) is 1.37. The van der Waals surface area contributed by atoms with E-state index in [0.29, 0.717) is 12.6 Å². The Hall–Kier alpha value is -0.420. The van der Waals surface area contributed by atoms with E-state index < -0.39 is 0 Å². The monoisotopic (exact) mass is 240 g/mol. The first-order valence-electron chi connectivity index (χ1n) is 5.87. The van der Waals surface area contributed by atoms with Crippen molar-refractivity contribution in [2.45, 2.75) is 38.0 Å². The molecule has 1 heterocycles. The van der Waals surface area contributed by atoms with Crippen LogP contribution in [0.15, 0.2) is 17.5 Å². The first kappa shape index (κ1) is 12.0. The smallest absolute Gasteiger partial charge is 0.0611 e. The Labute approximate surface area is 101 Å². The van der Waals surface area contributed by atoms with Gasteiger partial charge in [-0.1, -0.05) is 6.07 Å². The number of nitrogens with two attached hydrogens (primary N) is 1.